The zero-order valence-electron chi connectivity index (χ0n) is 12.7. The van der Waals surface area contributed by atoms with Gasteiger partial charge in [0.25, 0.3) is 0 Å². The minimum absolute atomic E-state index is 0.177. The molecule has 1 atom stereocenters. The maximum absolute atomic E-state index is 11.9. The predicted octanol–water partition coefficient (Wildman–Crippen LogP) is 1.62. The van der Waals surface area contributed by atoms with Crippen LogP contribution in [0.25, 0.3) is 0 Å². The summed E-state index contributed by atoms with van der Waals surface area (Å²) < 4.78 is 7.01. The molecule has 0 aliphatic carbocycles. The van der Waals surface area contributed by atoms with Crippen LogP contribution in [0.15, 0.2) is 11.5 Å². The van der Waals surface area contributed by atoms with Gasteiger partial charge >= 0.3 is 5.97 Å². The first-order valence-corrected chi connectivity index (χ1v) is 7.85. The minimum Gasteiger partial charge on any atom is -0.465 e. The van der Waals surface area contributed by atoms with Crippen LogP contribution in [0, 0.1) is 0 Å². The molecule has 1 unspecified atom stereocenters. The van der Waals surface area contributed by atoms with E-state index in [2.05, 4.69) is 15.5 Å². The van der Waals surface area contributed by atoms with Gasteiger partial charge in [0.05, 0.1) is 6.61 Å². The highest BCUT2D eigenvalue weighted by molar-refractivity contribution is 7.99. The molecule has 0 saturated carbocycles. The third-order valence-electron chi connectivity index (χ3n) is 3.25. The minimum atomic E-state index is -0.592. The molecule has 0 saturated heterocycles. The number of esters is 1. The molecule has 0 aromatic carbocycles. The summed E-state index contributed by atoms with van der Waals surface area (Å²) >= 11 is 1.68. The third kappa shape index (κ3) is 4.79. The highest BCUT2D eigenvalue weighted by Crippen LogP contribution is 2.19. The van der Waals surface area contributed by atoms with Crippen molar-refractivity contribution < 1.29 is 9.53 Å². The van der Waals surface area contributed by atoms with Gasteiger partial charge in [0.1, 0.15) is 11.9 Å². The fraction of sp³-hybridized carbons (Fsp3) is 0.769. The van der Waals surface area contributed by atoms with Gasteiger partial charge in [-0.05, 0) is 33.7 Å². The van der Waals surface area contributed by atoms with Gasteiger partial charge in [-0.25, -0.2) is 0 Å². The summed E-state index contributed by atoms with van der Waals surface area (Å²) in [5, 5.41) is 11.8. The number of likely N-dealkylation sites (N-methyl/N-ethyl adjacent to an activating group) is 1. The monoisotopic (exact) mass is 300 g/mol. The Morgan fingerprint density at radius 2 is 2.30 bits per heavy atom. The van der Waals surface area contributed by atoms with Crippen molar-refractivity contribution in [2.45, 2.75) is 43.8 Å². The van der Waals surface area contributed by atoms with Gasteiger partial charge in [0.2, 0.25) is 0 Å². The molecule has 0 radical (unpaired) electrons. The van der Waals surface area contributed by atoms with Crippen LogP contribution in [-0.4, -0.2) is 45.7 Å². The van der Waals surface area contributed by atoms with Crippen molar-refractivity contribution in [3.8, 4) is 0 Å². The Hall–Kier alpha value is -1.08. The molecular weight excluding hydrogens is 276 g/mol. The molecule has 1 heterocycles. The summed E-state index contributed by atoms with van der Waals surface area (Å²) in [6, 6.07) is 0. The molecule has 6 nitrogen and oxygen atoms in total. The third-order valence-corrected chi connectivity index (χ3v) is 4.37. The summed E-state index contributed by atoms with van der Waals surface area (Å²) in [6.45, 7) is 4.13. The van der Waals surface area contributed by atoms with Gasteiger partial charge in [-0.1, -0.05) is 18.2 Å². The number of ether oxygens (including phenoxy) is 1. The van der Waals surface area contributed by atoms with Gasteiger partial charge in [-0.3, -0.25) is 4.79 Å². The maximum Gasteiger partial charge on any atom is 0.326 e. The van der Waals surface area contributed by atoms with Gasteiger partial charge < -0.3 is 14.6 Å². The van der Waals surface area contributed by atoms with E-state index in [0.29, 0.717) is 6.61 Å². The topological polar surface area (TPSA) is 69.0 Å². The van der Waals surface area contributed by atoms with Gasteiger partial charge in [0, 0.05) is 12.8 Å². The quantitative estimate of drug-likeness (QED) is 0.424. The zero-order valence-corrected chi connectivity index (χ0v) is 13.5. The van der Waals surface area contributed by atoms with Crippen LogP contribution in [-0.2, 0) is 16.6 Å². The Kier molecular flexibility index (Phi) is 7.01. The van der Waals surface area contributed by atoms with Crippen molar-refractivity contribution in [3.63, 3.8) is 0 Å². The van der Waals surface area contributed by atoms with E-state index in [1.807, 2.05) is 25.5 Å². The summed E-state index contributed by atoms with van der Waals surface area (Å²) in [6.07, 6.45) is 4.44. The number of thioether (sulfide) groups is 1. The molecule has 1 aromatic heterocycles. The second kappa shape index (κ2) is 8.26. The number of carbonyl (C=O) groups is 1. The van der Waals surface area contributed by atoms with E-state index in [9.17, 15) is 4.79 Å². The Bertz CT molecular complexity index is 424. The number of aromatic nitrogens is 3. The van der Waals surface area contributed by atoms with Crippen LogP contribution in [0.1, 0.15) is 33.1 Å². The number of nitrogens with zero attached hydrogens (tertiary/aromatic N) is 3. The summed E-state index contributed by atoms with van der Waals surface area (Å²) in [5.74, 6) is 0.790. The smallest absolute Gasteiger partial charge is 0.326 e. The number of nitrogens with one attached hydrogen (secondary N) is 1. The average Bonchev–Trinajstić information content (AvgIpc) is 2.84. The Morgan fingerprint density at radius 1 is 1.55 bits per heavy atom. The van der Waals surface area contributed by atoms with Gasteiger partial charge in [-0.15, -0.1) is 10.2 Å². The molecule has 1 N–H and O–H groups in total. The maximum atomic E-state index is 11.9. The number of aryl methyl sites for hydroxylation is 1. The second-order valence-corrected chi connectivity index (χ2v) is 5.89. The Morgan fingerprint density at radius 3 is 2.85 bits per heavy atom. The predicted molar refractivity (Wildman–Crippen MR) is 79.7 cm³/mol. The average molecular weight is 300 g/mol. The molecule has 0 bridgehead atoms. The second-order valence-electron chi connectivity index (χ2n) is 4.83. The van der Waals surface area contributed by atoms with E-state index in [0.717, 1.165) is 30.2 Å². The van der Waals surface area contributed by atoms with E-state index in [-0.39, 0.29) is 5.97 Å². The molecule has 0 amide bonds. The van der Waals surface area contributed by atoms with E-state index >= 15 is 0 Å². The SMILES string of the molecule is CCOC(=O)C(C)(CCCCSc1nncn1C)NC. The van der Waals surface area contributed by atoms with Crippen LogP contribution in [0.5, 0.6) is 0 Å². The molecule has 1 aromatic rings. The summed E-state index contributed by atoms with van der Waals surface area (Å²) in [4.78, 5) is 11.9. The van der Waals surface area contributed by atoms with E-state index in [4.69, 9.17) is 4.74 Å². The number of carbonyl (C=O) groups excluding carboxylic acids is 1. The van der Waals surface area contributed by atoms with Crippen LogP contribution >= 0.6 is 11.8 Å². The van der Waals surface area contributed by atoms with Crippen LogP contribution in [0.3, 0.4) is 0 Å². The summed E-state index contributed by atoms with van der Waals surface area (Å²) in [7, 11) is 3.73. The number of hydrogen-bond acceptors (Lipinski definition) is 6. The Labute approximate surface area is 124 Å². The molecule has 0 spiro atoms. The van der Waals surface area contributed by atoms with Crippen LogP contribution in [0.2, 0.25) is 0 Å². The lowest BCUT2D eigenvalue weighted by atomic mass is 9.95. The molecule has 0 fully saturated rings. The molecule has 0 aliphatic heterocycles. The van der Waals surface area contributed by atoms with Crippen LogP contribution < -0.4 is 5.32 Å². The van der Waals surface area contributed by atoms with Crippen molar-refractivity contribution >= 4 is 17.7 Å². The number of hydrogen-bond donors (Lipinski definition) is 1. The lowest BCUT2D eigenvalue weighted by molar-refractivity contribution is -0.150. The van der Waals surface area contributed by atoms with E-state index in [1.165, 1.54) is 0 Å². The molecule has 20 heavy (non-hydrogen) atoms. The summed E-state index contributed by atoms with van der Waals surface area (Å²) in [5.41, 5.74) is -0.592. The fourth-order valence-corrected chi connectivity index (χ4v) is 2.65. The molecule has 7 heteroatoms. The normalized spacial score (nSPS) is 14.0. The highest BCUT2D eigenvalue weighted by Gasteiger charge is 2.32. The standard InChI is InChI=1S/C13H24N4O2S/c1-5-19-11(18)13(2,14-3)8-6-7-9-20-12-16-15-10-17(12)4/h10,14H,5-9H2,1-4H3. The van der Waals surface area contributed by atoms with Gasteiger partial charge in [0.15, 0.2) is 5.16 Å². The van der Waals surface area contributed by atoms with Crippen molar-refractivity contribution in [3.05, 3.63) is 6.33 Å². The molecular formula is C13H24N4O2S. The molecule has 0 aliphatic rings. The first-order chi connectivity index (χ1) is 9.53. The molecule has 1 rings (SSSR count). The fourth-order valence-electron chi connectivity index (χ4n) is 1.77. The largest absolute Gasteiger partial charge is 0.465 e. The van der Waals surface area contributed by atoms with E-state index in [1.54, 1.807) is 25.1 Å². The highest BCUT2D eigenvalue weighted by atomic mass is 32.2. The van der Waals surface area contributed by atoms with Crippen LogP contribution in [0.4, 0.5) is 0 Å². The van der Waals surface area contributed by atoms with Crippen molar-refractivity contribution in [1.82, 2.24) is 20.1 Å². The first-order valence-electron chi connectivity index (χ1n) is 6.86. The van der Waals surface area contributed by atoms with Crippen molar-refractivity contribution in [1.29, 1.82) is 0 Å². The first kappa shape index (κ1) is 17.0. The van der Waals surface area contributed by atoms with Crippen molar-refractivity contribution in [2.75, 3.05) is 19.4 Å². The molecule has 114 valence electrons. The zero-order chi connectivity index (χ0) is 15.0. The Balaban J connectivity index is 2.28. The lowest BCUT2D eigenvalue weighted by Gasteiger charge is -2.26. The number of unbranched alkanes of at least 4 members (excludes halogenated alkanes) is 1. The van der Waals surface area contributed by atoms with E-state index < -0.39 is 5.54 Å². The van der Waals surface area contributed by atoms with Crippen molar-refractivity contribution in [2.24, 2.45) is 7.05 Å². The lowest BCUT2D eigenvalue weighted by Crippen LogP contribution is -2.48. The number of rotatable bonds is 9. The van der Waals surface area contributed by atoms with Gasteiger partial charge in [-0.2, -0.15) is 0 Å².